The van der Waals surface area contributed by atoms with E-state index in [2.05, 4.69) is 5.10 Å². The second kappa shape index (κ2) is 8.12. The smallest absolute Gasteiger partial charge is 0.414 e. The number of hydrogen-bond donors (Lipinski definition) is 0. The lowest BCUT2D eigenvalue weighted by Crippen LogP contribution is -2.23. The molecule has 0 spiro atoms. The maximum Gasteiger partial charge on any atom is 0.414 e. The van der Waals surface area contributed by atoms with Gasteiger partial charge in [0.05, 0.1) is 17.9 Å². The molecule has 8 heteroatoms. The lowest BCUT2D eigenvalue weighted by atomic mass is 10.1. The van der Waals surface area contributed by atoms with Gasteiger partial charge in [0, 0.05) is 16.8 Å². The van der Waals surface area contributed by atoms with Crippen LogP contribution in [0.2, 0.25) is 5.15 Å². The molecule has 0 unspecified atom stereocenters. The molecule has 2 aromatic carbocycles. The van der Waals surface area contributed by atoms with Gasteiger partial charge in [-0.25, -0.2) is 13.9 Å². The van der Waals surface area contributed by atoms with Crippen molar-refractivity contribution < 1.29 is 18.7 Å². The molecule has 0 aliphatic carbocycles. The number of hydrogen-bond acceptors (Lipinski definition) is 4. The van der Waals surface area contributed by atoms with Gasteiger partial charge in [0.25, 0.3) is 0 Å². The Morgan fingerprint density at radius 2 is 1.97 bits per heavy atom. The lowest BCUT2D eigenvalue weighted by Gasteiger charge is -2.13. The molecule has 0 saturated carbocycles. The highest BCUT2D eigenvalue weighted by Gasteiger charge is 2.24. The van der Waals surface area contributed by atoms with Gasteiger partial charge in [-0.15, -0.1) is 0 Å². The molecule has 3 aromatic rings. The maximum absolute atomic E-state index is 13.2. The van der Waals surface area contributed by atoms with E-state index < -0.39 is 6.09 Å². The summed E-state index contributed by atoms with van der Waals surface area (Å²) in [5, 5.41) is 4.69. The second-order valence-electron chi connectivity index (χ2n) is 6.69. The zero-order valence-corrected chi connectivity index (χ0v) is 16.8. The summed E-state index contributed by atoms with van der Waals surface area (Å²) >= 11 is 6.45. The molecule has 1 amide bonds. The third-order valence-electron chi connectivity index (χ3n) is 4.72. The summed E-state index contributed by atoms with van der Waals surface area (Å²) in [7, 11) is 0. The number of carbonyl (C=O) groups is 2. The Kier molecular flexibility index (Phi) is 5.37. The number of anilines is 1. The van der Waals surface area contributed by atoms with Crippen LogP contribution in [0.25, 0.3) is 11.8 Å². The minimum Gasteiger partial charge on any atom is -0.447 e. The van der Waals surface area contributed by atoms with Crippen LogP contribution in [0.1, 0.15) is 21.6 Å². The molecule has 0 N–H and O–H groups in total. The molecule has 0 bridgehead atoms. The molecule has 0 atom stereocenters. The van der Waals surface area contributed by atoms with Gasteiger partial charge < -0.3 is 4.74 Å². The number of rotatable bonds is 5. The highest BCUT2D eigenvalue weighted by molar-refractivity contribution is 6.31. The van der Waals surface area contributed by atoms with E-state index in [1.807, 2.05) is 0 Å². The number of ether oxygens (including phenoxy) is 1. The number of amides is 1. The van der Waals surface area contributed by atoms with Crippen molar-refractivity contribution in [1.29, 1.82) is 0 Å². The Morgan fingerprint density at radius 1 is 1.20 bits per heavy atom. The fraction of sp³-hybridized carbons (Fsp3) is 0.136. The average molecular weight is 426 g/mol. The summed E-state index contributed by atoms with van der Waals surface area (Å²) < 4.78 is 19.6. The first-order valence-corrected chi connectivity index (χ1v) is 9.59. The molecule has 152 valence electrons. The van der Waals surface area contributed by atoms with Crippen molar-refractivity contribution in [3.63, 3.8) is 0 Å². The first-order valence-electron chi connectivity index (χ1n) is 9.22. The highest BCUT2D eigenvalue weighted by atomic mass is 35.5. The maximum atomic E-state index is 13.2. The van der Waals surface area contributed by atoms with E-state index in [0.29, 0.717) is 46.5 Å². The van der Waals surface area contributed by atoms with Crippen LogP contribution < -0.4 is 4.90 Å². The zero-order valence-electron chi connectivity index (χ0n) is 16.0. The topological polar surface area (TPSA) is 64.4 Å². The van der Waals surface area contributed by atoms with Crippen LogP contribution in [0.3, 0.4) is 0 Å². The summed E-state index contributed by atoms with van der Waals surface area (Å²) in [6.07, 6.45) is 2.58. The Bertz CT molecular complexity index is 1150. The van der Waals surface area contributed by atoms with Gasteiger partial charge in [-0.2, -0.15) is 5.10 Å². The number of ketones is 1. The number of allylic oxidation sites excluding steroid dienone is 1. The highest BCUT2D eigenvalue weighted by Crippen LogP contribution is 2.25. The van der Waals surface area contributed by atoms with Crippen LogP contribution >= 0.6 is 11.6 Å². The van der Waals surface area contributed by atoms with Crippen LogP contribution in [0.15, 0.2) is 54.6 Å². The van der Waals surface area contributed by atoms with Crippen LogP contribution in [0.5, 0.6) is 0 Å². The average Bonchev–Trinajstić information content (AvgIpc) is 3.30. The van der Waals surface area contributed by atoms with Gasteiger partial charge in [-0.1, -0.05) is 23.7 Å². The van der Waals surface area contributed by atoms with E-state index in [0.717, 1.165) is 0 Å². The van der Waals surface area contributed by atoms with E-state index >= 15 is 0 Å². The molecular weight excluding hydrogens is 409 g/mol. The molecule has 1 aliphatic rings. The monoisotopic (exact) mass is 425 g/mol. The van der Waals surface area contributed by atoms with Gasteiger partial charge in [-0.05, 0) is 55.5 Å². The summed E-state index contributed by atoms with van der Waals surface area (Å²) in [4.78, 5) is 25.9. The summed E-state index contributed by atoms with van der Waals surface area (Å²) in [5.41, 5.74) is 2.87. The van der Waals surface area contributed by atoms with Crippen molar-refractivity contribution in [2.75, 3.05) is 18.1 Å². The molecule has 2 heterocycles. The fourth-order valence-electron chi connectivity index (χ4n) is 3.16. The van der Waals surface area contributed by atoms with Crippen molar-refractivity contribution in [3.8, 4) is 5.69 Å². The fourth-order valence-corrected chi connectivity index (χ4v) is 3.50. The third-order valence-corrected chi connectivity index (χ3v) is 5.09. The lowest BCUT2D eigenvalue weighted by molar-refractivity contribution is 0.104. The molecule has 6 nitrogen and oxygen atoms in total. The van der Waals surface area contributed by atoms with Crippen LogP contribution in [-0.2, 0) is 4.74 Å². The van der Waals surface area contributed by atoms with Crippen molar-refractivity contribution in [1.82, 2.24) is 9.78 Å². The van der Waals surface area contributed by atoms with E-state index in [9.17, 15) is 14.0 Å². The SMILES string of the molecule is Cc1nn(-c2ccc(F)cc2)c(Cl)c1C=CC(=O)c1cccc(N2CCOC2=O)c1. The van der Waals surface area contributed by atoms with E-state index in [-0.39, 0.29) is 11.6 Å². The number of benzene rings is 2. The van der Waals surface area contributed by atoms with E-state index in [1.165, 1.54) is 27.8 Å². The van der Waals surface area contributed by atoms with Crippen molar-refractivity contribution in [2.45, 2.75) is 6.92 Å². The van der Waals surface area contributed by atoms with Crippen molar-refractivity contribution in [2.24, 2.45) is 0 Å². The molecule has 1 aliphatic heterocycles. The zero-order chi connectivity index (χ0) is 21.3. The molecular formula is C22H17ClFN3O3. The van der Waals surface area contributed by atoms with Crippen molar-refractivity contribution >= 4 is 35.2 Å². The number of nitrogens with zero attached hydrogens (tertiary/aromatic N) is 3. The Hall–Kier alpha value is -3.45. The van der Waals surface area contributed by atoms with Crippen LogP contribution in [-0.4, -0.2) is 34.8 Å². The van der Waals surface area contributed by atoms with Gasteiger partial charge >= 0.3 is 6.09 Å². The molecule has 30 heavy (non-hydrogen) atoms. The third kappa shape index (κ3) is 3.84. The van der Waals surface area contributed by atoms with Crippen molar-refractivity contribution in [3.05, 3.63) is 82.4 Å². The second-order valence-corrected chi connectivity index (χ2v) is 7.05. The molecule has 4 rings (SSSR count). The quantitative estimate of drug-likeness (QED) is 0.434. The van der Waals surface area contributed by atoms with Gasteiger partial charge in [0.2, 0.25) is 0 Å². The van der Waals surface area contributed by atoms with Gasteiger partial charge in [0.15, 0.2) is 5.78 Å². The number of aryl methyl sites for hydroxylation is 1. The van der Waals surface area contributed by atoms with Crippen LogP contribution in [0.4, 0.5) is 14.9 Å². The number of aromatic nitrogens is 2. The molecule has 1 saturated heterocycles. The Labute approximate surface area is 177 Å². The van der Waals surface area contributed by atoms with Crippen LogP contribution in [0, 0.1) is 12.7 Å². The molecule has 1 fully saturated rings. The molecule has 0 radical (unpaired) electrons. The Morgan fingerprint density at radius 3 is 2.67 bits per heavy atom. The molecule has 1 aromatic heterocycles. The number of carbonyl (C=O) groups excluding carboxylic acids is 2. The summed E-state index contributed by atoms with van der Waals surface area (Å²) in [6, 6.07) is 12.6. The first-order chi connectivity index (χ1) is 14.4. The van der Waals surface area contributed by atoms with E-state index in [4.69, 9.17) is 16.3 Å². The normalized spacial score (nSPS) is 13.8. The summed E-state index contributed by atoms with van der Waals surface area (Å²) in [5.74, 6) is -0.594. The first kappa shape index (κ1) is 19.8. The minimum atomic E-state index is -0.425. The van der Waals surface area contributed by atoms with E-state index in [1.54, 1.807) is 49.4 Å². The van der Waals surface area contributed by atoms with Gasteiger partial charge in [0.1, 0.15) is 17.6 Å². The number of halogens is 2. The standard InChI is InChI=1S/C22H17ClFN3O3/c1-14-19(21(23)27(25-14)17-7-5-16(24)6-8-17)9-10-20(28)15-3-2-4-18(13-15)26-11-12-30-22(26)29/h2-10,13H,11-12H2,1H3. The predicted molar refractivity (Wildman–Crippen MR) is 112 cm³/mol. The Balaban J connectivity index is 1.58. The predicted octanol–water partition coefficient (Wildman–Crippen LogP) is 4.83. The minimum absolute atomic E-state index is 0.241. The largest absolute Gasteiger partial charge is 0.447 e. The van der Waals surface area contributed by atoms with Gasteiger partial charge in [-0.3, -0.25) is 9.69 Å². The summed E-state index contributed by atoms with van der Waals surface area (Å²) in [6.45, 7) is 2.55. The number of cyclic esters (lactones) is 1.